The molecule has 0 radical (unpaired) electrons. The Kier molecular flexibility index (Phi) is 2.64. The van der Waals surface area contributed by atoms with Crippen LogP contribution >= 0.6 is 0 Å². The van der Waals surface area contributed by atoms with Crippen LogP contribution in [-0.2, 0) is 4.79 Å². The summed E-state index contributed by atoms with van der Waals surface area (Å²) in [6, 6.07) is 4.33. The highest BCUT2D eigenvalue weighted by molar-refractivity contribution is 5.78. The van der Waals surface area contributed by atoms with Gasteiger partial charge in [-0.25, -0.2) is 4.79 Å². The molecule has 14 heavy (non-hydrogen) atoms. The molecule has 0 heterocycles. The molecule has 76 valence electrons. The Morgan fingerprint density at radius 2 is 1.71 bits per heavy atom. The van der Waals surface area contributed by atoms with Crippen molar-refractivity contribution in [2.75, 3.05) is 0 Å². The molecule has 6 heteroatoms. The first-order chi connectivity index (χ1) is 6.39. The highest BCUT2D eigenvalue weighted by Gasteiger charge is 2.41. The number of carbonyl (C=O) groups is 1. The van der Waals surface area contributed by atoms with Gasteiger partial charge in [-0.2, -0.15) is 13.2 Å². The summed E-state index contributed by atoms with van der Waals surface area (Å²) in [6.45, 7) is 0. The van der Waals surface area contributed by atoms with E-state index in [2.05, 4.69) is 4.74 Å². The molecule has 0 saturated heterocycles. The number of phenolic OH excluding ortho intramolecular Hbond substituents is 1. The third-order valence-electron chi connectivity index (χ3n) is 1.28. The molecule has 1 aromatic carbocycles. The summed E-state index contributed by atoms with van der Waals surface area (Å²) in [5.74, 6) is -2.69. The van der Waals surface area contributed by atoms with Gasteiger partial charge in [0.1, 0.15) is 11.5 Å². The third-order valence-corrected chi connectivity index (χ3v) is 1.28. The normalized spacial score (nSPS) is 11.1. The first-order valence-corrected chi connectivity index (χ1v) is 3.47. The first-order valence-electron chi connectivity index (χ1n) is 3.47. The molecule has 0 unspecified atom stereocenters. The molecule has 1 rings (SSSR count). The lowest BCUT2D eigenvalue weighted by molar-refractivity contribution is -0.189. The summed E-state index contributed by atoms with van der Waals surface area (Å²) in [7, 11) is 0. The molecule has 1 aromatic rings. The van der Waals surface area contributed by atoms with Gasteiger partial charge in [-0.1, -0.05) is 0 Å². The van der Waals surface area contributed by atoms with Crippen molar-refractivity contribution in [2.45, 2.75) is 6.18 Å². The monoisotopic (exact) mass is 206 g/mol. The number of aromatic hydroxyl groups is 1. The number of halogens is 3. The summed E-state index contributed by atoms with van der Waals surface area (Å²) in [6.07, 6.45) is -5.02. The molecule has 0 fully saturated rings. The number of esters is 1. The Bertz CT molecular complexity index is 329. The second-order valence-corrected chi connectivity index (χ2v) is 2.38. The van der Waals surface area contributed by atoms with Crippen LogP contribution < -0.4 is 4.74 Å². The topological polar surface area (TPSA) is 46.5 Å². The van der Waals surface area contributed by atoms with E-state index < -0.39 is 12.1 Å². The van der Waals surface area contributed by atoms with Crippen LogP contribution in [0.15, 0.2) is 24.3 Å². The van der Waals surface area contributed by atoms with Crippen LogP contribution in [-0.4, -0.2) is 17.3 Å². The number of rotatable bonds is 1. The number of benzene rings is 1. The lowest BCUT2D eigenvalue weighted by Crippen LogP contribution is -2.27. The molecule has 3 nitrogen and oxygen atoms in total. The van der Waals surface area contributed by atoms with E-state index in [9.17, 15) is 18.0 Å². The minimum absolute atomic E-state index is 0.128. The van der Waals surface area contributed by atoms with E-state index >= 15 is 0 Å². The number of carbonyl (C=O) groups excluding carboxylic acids is 1. The molecule has 0 aliphatic rings. The van der Waals surface area contributed by atoms with Gasteiger partial charge in [0.15, 0.2) is 0 Å². The SMILES string of the molecule is O=C(Oc1ccc(O)cc1)C(F)(F)F. The van der Waals surface area contributed by atoms with Gasteiger partial charge in [0, 0.05) is 0 Å². The average Bonchev–Trinajstić information content (AvgIpc) is 2.07. The Morgan fingerprint density at radius 1 is 1.21 bits per heavy atom. The number of alkyl halides is 3. The second kappa shape index (κ2) is 3.57. The highest BCUT2D eigenvalue weighted by atomic mass is 19.4. The van der Waals surface area contributed by atoms with Gasteiger partial charge >= 0.3 is 12.1 Å². The van der Waals surface area contributed by atoms with Gasteiger partial charge in [-0.3, -0.25) is 0 Å². The summed E-state index contributed by atoms with van der Waals surface area (Å²) in [4.78, 5) is 10.3. The zero-order chi connectivity index (χ0) is 10.8. The van der Waals surface area contributed by atoms with E-state index in [1.54, 1.807) is 0 Å². The third kappa shape index (κ3) is 2.65. The second-order valence-electron chi connectivity index (χ2n) is 2.38. The van der Waals surface area contributed by atoms with E-state index in [0.29, 0.717) is 0 Å². The molecule has 0 atom stereocenters. The van der Waals surface area contributed by atoms with E-state index in [0.717, 1.165) is 24.3 Å². The Morgan fingerprint density at radius 3 is 2.14 bits per heavy atom. The van der Waals surface area contributed by atoms with Crippen molar-refractivity contribution in [2.24, 2.45) is 0 Å². The zero-order valence-electron chi connectivity index (χ0n) is 6.71. The maximum Gasteiger partial charge on any atom is 0.491 e. The van der Waals surface area contributed by atoms with E-state index in [-0.39, 0.29) is 11.5 Å². The van der Waals surface area contributed by atoms with Crippen molar-refractivity contribution in [3.63, 3.8) is 0 Å². The van der Waals surface area contributed by atoms with Gasteiger partial charge in [0.25, 0.3) is 0 Å². The number of ether oxygens (including phenoxy) is 1. The fourth-order valence-electron chi connectivity index (χ4n) is 0.679. The van der Waals surface area contributed by atoms with Crippen LogP contribution in [0, 0.1) is 0 Å². The Balaban J connectivity index is 2.71. The van der Waals surface area contributed by atoms with E-state index in [1.165, 1.54) is 0 Å². The van der Waals surface area contributed by atoms with Crippen LogP contribution in [0.3, 0.4) is 0 Å². The summed E-state index contributed by atoms with van der Waals surface area (Å²) < 4.78 is 39.0. The van der Waals surface area contributed by atoms with Crippen molar-refractivity contribution in [1.82, 2.24) is 0 Å². The molecule has 0 amide bonds. The van der Waals surface area contributed by atoms with Crippen molar-refractivity contribution >= 4 is 5.97 Å². The van der Waals surface area contributed by atoms with Crippen LogP contribution in [0.4, 0.5) is 13.2 Å². The largest absolute Gasteiger partial charge is 0.508 e. The molecular weight excluding hydrogens is 201 g/mol. The summed E-state index contributed by atoms with van der Waals surface area (Å²) >= 11 is 0. The van der Waals surface area contributed by atoms with Crippen LogP contribution in [0.1, 0.15) is 0 Å². The number of hydrogen-bond acceptors (Lipinski definition) is 3. The van der Waals surface area contributed by atoms with Crippen LogP contribution in [0.5, 0.6) is 11.5 Å². The minimum Gasteiger partial charge on any atom is -0.508 e. The molecule has 1 N–H and O–H groups in total. The molecule has 0 spiro atoms. The van der Waals surface area contributed by atoms with Crippen molar-refractivity contribution < 1.29 is 27.8 Å². The lowest BCUT2D eigenvalue weighted by atomic mass is 10.3. The average molecular weight is 206 g/mol. The zero-order valence-corrected chi connectivity index (χ0v) is 6.71. The fraction of sp³-hybridized carbons (Fsp3) is 0.125. The molecule has 0 aromatic heterocycles. The van der Waals surface area contributed by atoms with Crippen molar-refractivity contribution in [3.05, 3.63) is 24.3 Å². The van der Waals surface area contributed by atoms with Gasteiger partial charge in [-0.15, -0.1) is 0 Å². The Hall–Kier alpha value is -1.72. The lowest BCUT2D eigenvalue weighted by Gasteiger charge is -2.06. The molecular formula is C8H5F3O3. The van der Waals surface area contributed by atoms with E-state index in [4.69, 9.17) is 5.11 Å². The van der Waals surface area contributed by atoms with E-state index in [1.807, 2.05) is 0 Å². The van der Waals surface area contributed by atoms with Gasteiger partial charge in [-0.05, 0) is 24.3 Å². The quantitative estimate of drug-likeness (QED) is 0.563. The highest BCUT2D eigenvalue weighted by Crippen LogP contribution is 2.21. The fourth-order valence-corrected chi connectivity index (χ4v) is 0.679. The predicted molar refractivity (Wildman–Crippen MR) is 39.8 cm³/mol. The number of phenols is 1. The molecule has 0 aliphatic heterocycles. The smallest absolute Gasteiger partial charge is 0.491 e. The van der Waals surface area contributed by atoms with Gasteiger partial charge in [0.05, 0.1) is 0 Å². The van der Waals surface area contributed by atoms with Gasteiger partial charge < -0.3 is 9.84 Å². The van der Waals surface area contributed by atoms with Crippen LogP contribution in [0.25, 0.3) is 0 Å². The maximum atomic E-state index is 11.7. The minimum atomic E-state index is -5.02. The summed E-state index contributed by atoms with van der Waals surface area (Å²) in [5.41, 5.74) is 0. The maximum absolute atomic E-state index is 11.7. The van der Waals surface area contributed by atoms with Crippen molar-refractivity contribution in [1.29, 1.82) is 0 Å². The first kappa shape index (κ1) is 10.4. The molecule has 0 aliphatic carbocycles. The predicted octanol–water partition coefficient (Wildman–Crippen LogP) is 1.86. The van der Waals surface area contributed by atoms with Crippen LogP contribution in [0.2, 0.25) is 0 Å². The molecule has 0 bridgehead atoms. The van der Waals surface area contributed by atoms with Gasteiger partial charge in [0.2, 0.25) is 0 Å². The Labute approximate surface area is 76.7 Å². The number of hydrogen-bond donors (Lipinski definition) is 1. The molecule has 0 saturated carbocycles. The van der Waals surface area contributed by atoms with Crippen molar-refractivity contribution in [3.8, 4) is 11.5 Å². The summed E-state index contributed by atoms with van der Waals surface area (Å²) in [5, 5.41) is 8.79. The standard InChI is InChI=1S/C8H5F3O3/c9-8(10,11)7(13)14-6-3-1-5(12)2-4-6/h1-4,12H.